The quantitative estimate of drug-likeness (QED) is 0.293. The highest BCUT2D eigenvalue weighted by Crippen LogP contribution is 2.26. The Kier molecular flexibility index (Phi) is 9.18. The number of thioether (sulfide) groups is 1. The molecule has 0 atom stereocenters. The van der Waals surface area contributed by atoms with Gasteiger partial charge in [-0.25, -0.2) is 9.97 Å². The van der Waals surface area contributed by atoms with Crippen LogP contribution in [0.15, 0.2) is 59.8 Å². The van der Waals surface area contributed by atoms with Crippen molar-refractivity contribution >= 4 is 29.2 Å². The van der Waals surface area contributed by atoms with Gasteiger partial charge in [0.25, 0.3) is 5.91 Å². The van der Waals surface area contributed by atoms with E-state index in [1.807, 2.05) is 47.4 Å². The van der Waals surface area contributed by atoms with E-state index in [4.69, 9.17) is 24.2 Å². The number of hydrogen-bond acceptors (Lipinski definition) is 9. The standard InChI is InChI=1S/C29H35N5O4S/c1-36-20-24-19-27(33-12-10-32(11-13-33)25-6-8-26(37-2)9-7-25)31-29(30-24)39-21-22-4-3-5-23(18-22)28(35)34-14-16-38-17-15-34/h3-9,18-19H,10-17,20-21H2,1-2H3. The van der Waals surface area contributed by atoms with Gasteiger partial charge in [0.1, 0.15) is 11.6 Å². The maximum absolute atomic E-state index is 12.9. The molecule has 0 unspecified atom stereocenters. The third kappa shape index (κ3) is 7.00. The summed E-state index contributed by atoms with van der Waals surface area (Å²) in [5.41, 5.74) is 3.83. The highest BCUT2D eigenvalue weighted by atomic mass is 32.2. The van der Waals surface area contributed by atoms with Crippen LogP contribution >= 0.6 is 11.8 Å². The fourth-order valence-electron chi connectivity index (χ4n) is 4.79. The fourth-order valence-corrected chi connectivity index (χ4v) is 5.60. The second-order valence-electron chi connectivity index (χ2n) is 9.50. The number of benzene rings is 2. The largest absolute Gasteiger partial charge is 0.497 e. The molecule has 2 fully saturated rings. The van der Waals surface area contributed by atoms with Gasteiger partial charge in [-0.3, -0.25) is 4.79 Å². The molecule has 3 aromatic rings. The van der Waals surface area contributed by atoms with Gasteiger partial charge in [0.05, 0.1) is 32.6 Å². The van der Waals surface area contributed by atoms with Crippen molar-refractivity contribution in [1.82, 2.24) is 14.9 Å². The molecule has 2 aromatic carbocycles. The summed E-state index contributed by atoms with van der Waals surface area (Å²) in [6.07, 6.45) is 0. The van der Waals surface area contributed by atoms with Crippen LogP contribution in [0.3, 0.4) is 0 Å². The van der Waals surface area contributed by atoms with Crippen LogP contribution in [0.4, 0.5) is 11.5 Å². The first-order valence-corrected chi connectivity index (χ1v) is 14.2. The summed E-state index contributed by atoms with van der Waals surface area (Å²) in [5.74, 6) is 2.51. The zero-order chi connectivity index (χ0) is 27.0. The molecule has 0 aliphatic carbocycles. The molecule has 0 bridgehead atoms. The second kappa shape index (κ2) is 13.1. The predicted molar refractivity (Wildman–Crippen MR) is 153 cm³/mol. The zero-order valence-electron chi connectivity index (χ0n) is 22.5. The number of aromatic nitrogens is 2. The molecule has 1 amide bonds. The molecular formula is C29H35N5O4S. The first-order chi connectivity index (χ1) is 19.1. The lowest BCUT2D eigenvalue weighted by Gasteiger charge is -2.37. The average Bonchev–Trinajstić information content (AvgIpc) is 3.00. The number of piperazine rings is 1. The number of carbonyl (C=O) groups is 1. The number of rotatable bonds is 9. The summed E-state index contributed by atoms with van der Waals surface area (Å²) in [7, 11) is 3.36. The van der Waals surface area contributed by atoms with Crippen LogP contribution in [-0.4, -0.2) is 87.5 Å². The molecular weight excluding hydrogens is 514 g/mol. The Morgan fingerprint density at radius 1 is 0.923 bits per heavy atom. The highest BCUT2D eigenvalue weighted by Gasteiger charge is 2.21. The minimum absolute atomic E-state index is 0.0551. The smallest absolute Gasteiger partial charge is 0.254 e. The number of methoxy groups -OCH3 is 2. The van der Waals surface area contributed by atoms with Crippen molar-refractivity contribution in [3.63, 3.8) is 0 Å². The molecule has 39 heavy (non-hydrogen) atoms. The molecule has 2 aliphatic heterocycles. The number of ether oxygens (including phenoxy) is 3. The van der Waals surface area contributed by atoms with Gasteiger partial charge in [-0.15, -0.1) is 0 Å². The number of carbonyl (C=O) groups excluding carboxylic acids is 1. The van der Waals surface area contributed by atoms with Crippen molar-refractivity contribution in [3.8, 4) is 5.75 Å². The van der Waals surface area contributed by atoms with E-state index in [9.17, 15) is 4.79 Å². The van der Waals surface area contributed by atoms with Crippen molar-refractivity contribution in [2.24, 2.45) is 0 Å². The molecule has 2 saturated heterocycles. The molecule has 9 nitrogen and oxygen atoms in total. The van der Waals surface area contributed by atoms with E-state index in [2.05, 4.69) is 21.9 Å². The number of hydrogen-bond donors (Lipinski definition) is 0. The average molecular weight is 550 g/mol. The summed E-state index contributed by atoms with van der Waals surface area (Å²) in [6.45, 7) is 6.43. The normalized spacial score (nSPS) is 15.9. The molecule has 206 valence electrons. The number of anilines is 2. The Morgan fingerprint density at radius 3 is 2.38 bits per heavy atom. The van der Waals surface area contributed by atoms with Crippen LogP contribution in [0, 0.1) is 0 Å². The molecule has 10 heteroatoms. The van der Waals surface area contributed by atoms with E-state index in [0.29, 0.717) is 49.4 Å². The third-order valence-corrected chi connectivity index (χ3v) is 7.84. The van der Waals surface area contributed by atoms with Crippen molar-refractivity contribution in [2.75, 3.05) is 76.5 Å². The summed E-state index contributed by atoms with van der Waals surface area (Å²) in [6, 6.07) is 18.1. The Hall–Kier alpha value is -3.34. The van der Waals surface area contributed by atoms with Crippen LogP contribution in [0.1, 0.15) is 21.6 Å². The number of nitrogens with zero attached hydrogens (tertiary/aromatic N) is 5. The summed E-state index contributed by atoms with van der Waals surface area (Å²) in [4.78, 5) is 29.1. The zero-order valence-corrected chi connectivity index (χ0v) is 23.4. The van der Waals surface area contributed by atoms with Crippen LogP contribution in [0.25, 0.3) is 0 Å². The molecule has 5 rings (SSSR count). The van der Waals surface area contributed by atoms with Gasteiger partial charge in [0, 0.05) is 69.4 Å². The van der Waals surface area contributed by atoms with E-state index in [0.717, 1.165) is 49.0 Å². The molecule has 0 radical (unpaired) electrons. The first kappa shape index (κ1) is 27.2. The fraction of sp³-hybridized carbons (Fsp3) is 0.414. The van der Waals surface area contributed by atoms with E-state index in [1.54, 1.807) is 26.0 Å². The van der Waals surface area contributed by atoms with Gasteiger partial charge in [0.15, 0.2) is 5.16 Å². The van der Waals surface area contributed by atoms with Gasteiger partial charge < -0.3 is 28.9 Å². The Bertz CT molecular complexity index is 1240. The molecule has 0 N–H and O–H groups in total. The molecule has 3 heterocycles. The van der Waals surface area contributed by atoms with Crippen molar-refractivity contribution in [3.05, 3.63) is 71.4 Å². The number of morpholine rings is 1. The van der Waals surface area contributed by atoms with E-state index in [-0.39, 0.29) is 5.91 Å². The Morgan fingerprint density at radius 2 is 1.67 bits per heavy atom. The monoisotopic (exact) mass is 549 g/mol. The minimum atomic E-state index is 0.0551. The van der Waals surface area contributed by atoms with Gasteiger partial charge in [-0.1, -0.05) is 23.9 Å². The summed E-state index contributed by atoms with van der Waals surface area (Å²) >= 11 is 1.58. The molecule has 0 saturated carbocycles. The van der Waals surface area contributed by atoms with Crippen LogP contribution < -0.4 is 14.5 Å². The van der Waals surface area contributed by atoms with Gasteiger partial charge >= 0.3 is 0 Å². The van der Waals surface area contributed by atoms with Crippen molar-refractivity contribution < 1.29 is 19.0 Å². The lowest BCUT2D eigenvalue weighted by molar-refractivity contribution is 0.0303. The lowest BCUT2D eigenvalue weighted by Crippen LogP contribution is -2.46. The first-order valence-electron chi connectivity index (χ1n) is 13.2. The Balaban J connectivity index is 1.24. The maximum Gasteiger partial charge on any atom is 0.254 e. The summed E-state index contributed by atoms with van der Waals surface area (Å²) < 4.78 is 16.1. The molecule has 2 aliphatic rings. The minimum Gasteiger partial charge on any atom is -0.497 e. The van der Waals surface area contributed by atoms with Gasteiger partial charge in [-0.05, 0) is 42.0 Å². The second-order valence-corrected chi connectivity index (χ2v) is 10.4. The third-order valence-electron chi connectivity index (χ3n) is 6.92. The van der Waals surface area contributed by atoms with Crippen LogP contribution in [0.2, 0.25) is 0 Å². The Labute approximate surface area is 234 Å². The topological polar surface area (TPSA) is 80.3 Å². The van der Waals surface area contributed by atoms with Crippen molar-refractivity contribution in [1.29, 1.82) is 0 Å². The van der Waals surface area contributed by atoms with Gasteiger partial charge in [-0.2, -0.15) is 0 Å². The van der Waals surface area contributed by atoms with E-state index >= 15 is 0 Å². The van der Waals surface area contributed by atoms with Gasteiger partial charge in [0.2, 0.25) is 0 Å². The van der Waals surface area contributed by atoms with Crippen LogP contribution in [0.5, 0.6) is 5.75 Å². The summed E-state index contributed by atoms with van der Waals surface area (Å²) in [5, 5.41) is 0.710. The maximum atomic E-state index is 12.9. The van der Waals surface area contributed by atoms with Crippen LogP contribution in [-0.2, 0) is 21.8 Å². The SMILES string of the molecule is COCc1cc(N2CCN(c3ccc(OC)cc3)CC2)nc(SCc2cccc(C(=O)N3CCOCC3)c2)n1. The number of amides is 1. The van der Waals surface area contributed by atoms with Crippen molar-refractivity contribution in [2.45, 2.75) is 17.5 Å². The lowest BCUT2D eigenvalue weighted by atomic mass is 10.1. The molecule has 0 spiro atoms. The van der Waals surface area contributed by atoms with E-state index in [1.165, 1.54) is 5.69 Å². The predicted octanol–water partition coefficient (Wildman–Crippen LogP) is 3.72. The highest BCUT2D eigenvalue weighted by molar-refractivity contribution is 7.98. The van der Waals surface area contributed by atoms with E-state index < -0.39 is 0 Å². The molecule has 1 aromatic heterocycles.